The Morgan fingerprint density at radius 3 is 2.48 bits per heavy atom. The molecule has 0 unspecified atom stereocenters. The van der Waals surface area contributed by atoms with Crippen molar-refractivity contribution in [3.8, 4) is 23.3 Å². The van der Waals surface area contributed by atoms with Crippen LogP contribution in [-0.2, 0) is 9.59 Å². The molecule has 0 fully saturated rings. The van der Waals surface area contributed by atoms with Crippen molar-refractivity contribution in [1.29, 1.82) is 5.26 Å². The zero-order valence-corrected chi connectivity index (χ0v) is 20.0. The van der Waals surface area contributed by atoms with Crippen LogP contribution in [0.3, 0.4) is 0 Å². The maximum absolute atomic E-state index is 12.2. The van der Waals surface area contributed by atoms with Crippen LogP contribution in [0.1, 0.15) is 32.3 Å². The van der Waals surface area contributed by atoms with Crippen molar-refractivity contribution >= 4 is 41.2 Å². The maximum Gasteiger partial charge on any atom is 0.311 e. The number of nitrogens with zero attached hydrogens (tertiary/aromatic N) is 1. The lowest BCUT2D eigenvalue weighted by atomic mass is 10.1. The van der Waals surface area contributed by atoms with Gasteiger partial charge in [0.25, 0.3) is 5.91 Å². The Kier molecular flexibility index (Phi) is 10.0. The van der Waals surface area contributed by atoms with E-state index in [-0.39, 0.29) is 30.4 Å². The van der Waals surface area contributed by atoms with Crippen LogP contribution < -0.4 is 19.5 Å². The van der Waals surface area contributed by atoms with Gasteiger partial charge in [0.05, 0.1) is 18.7 Å². The van der Waals surface area contributed by atoms with Gasteiger partial charge in [-0.1, -0.05) is 29.3 Å². The average Bonchev–Trinajstić information content (AvgIpc) is 2.76. The second kappa shape index (κ2) is 12.7. The molecule has 0 aromatic heterocycles. The van der Waals surface area contributed by atoms with Crippen LogP contribution in [-0.4, -0.2) is 31.6 Å². The van der Waals surface area contributed by atoms with Gasteiger partial charge in [-0.2, -0.15) is 5.26 Å². The van der Waals surface area contributed by atoms with Crippen molar-refractivity contribution in [3.63, 3.8) is 0 Å². The summed E-state index contributed by atoms with van der Waals surface area (Å²) in [6, 6.07) is 11.4. The SMILES string of the molecule is COc1cc(/C=C(\C#N)C(=O)NC(C)C)ccc1OC(=O)CCCOc1ccc(Cl)cc1Cl. The Hall–Kier alpha value is -3.21. The standard InChI is InChI=1S/C24H24Cl2N2O5/c1-15(2)28-24(30)17(14-27)11-16-6-8-21(22(12-16)31-3)33-23(29)5-4-10-32-20-9-7-18(25)13-19(20)26/h6-9,11-13,15H,4-5,10H2,1-3H3,(H,28,30)/b17-11+. The summed E-state index contributed by atoms with van der Waals surface area (Å²) < 4.78 is 16.2. The van der Waals surface area contributed by atoms with E-state index in [1.165, 1.54) is 13.2 Å². The number of halogens is 2. The van der Waals surface area contributed by atoms with Crippen molar-refractivity contribution in [2.24, 2.45) is 0 Å². The third-order valence-electron chi connectivity index (χ3n) is 4.18. The Bertz CT molecular complexity index is 1080. The molecule has 2 aromatic carbocycles. The molecule has 0 spiro atoms. The normalized spacial score (nSPS) is 11.0. The van der Waals surface area contributed by atoms with Gasteiger partial charge < -0.3 is 19.5 Å². The number of esters is 1. The van der Waals surface area contributed by atoms with Crippen LogP contribution in [0.25, 0.3) is 6.08 Å². The number of hydrogen-bond acceptors (Lipinski definition) is 6. The van der Waals surface area contributed by atoms with Crippen molar-refractivity contribution < 1.29 is 23.8 Å². The van der Waals surface area contributed by atoms with E-state index in [2.05, 4.69) is 5.32 Å². The smallest absolute Gasteiger partial charge is 0.311 e. The summed E-state index contributed by atoms with van der Waals surface area (Å²) in [5.41, 5.74) is 0.506. The molecule has 1 amide bonds. The molecule has 9 heteroatoms. The van der Waals surface area contributed by atoms with Crippen molar-refractivity contribution in [2.45, 2.75) is 32.7 Å². The third-order valence-corrected chi connectivity index (χ3v) is 4.71. The minimum Gasteiger partial charge on any atom is -0.493 e. The molecule has 0 aliphatic carbocycles. The molecule has 33 heavy (non-hydrogen) atoms. The quantitative estimate of drug-likeness (QED) is 0.161. The summed E-state index contributed by atoms with van der Waals surface area (Å²) in [5, 5.41) is 12.8. The van der Waals surface area contributed by atoms with Crippen LogP contribution in [0.2, 0.25) is 10.0 Å². The fourth-order valence-corrected chi connectivity index (χ4v) is 3.14. The van der Waals surface area contributed by atoms with Crippen LogP contribution in [0.15, 0.2) is 42.0 Å². The van der Waals surface area contributed by atoms with Gasteiger partial charge in [-0.3, -0.25) is 9.59 Å². The molecule has 2 rings (SSSR count). The molecule has 0 radical (unpaired) electrons. The number of carbonyl (C=O) groups is 2. The fourth-order valence-electron chi connectivity index (χ4n) is 2.68. The molecule has 1 N–H and O–H groups in total. The Morgan fingerprint density at radius 1 is 1.12 bits per heavy atom. The number of benzene rings is 2. The van der Waals surface area contributed by atoms with E-state index in [1.807, 2.05) is 6.07 Å². The molecular weight excluding hydrogens is 467 g/mol. The Labute approximate surface area is 202 Å². The van der Waals surface area contributed by atoms with Crippen molar-refractivity contribution in [3.05, 3.63) is 57.6 Å². The fraction of sp³-hybridized carbons (Fsp3) is 0.292. The highest BCUT2D eigenvalue weighted by Crippen LogP contribution is 2.30. The van der Waals surface area contributed by atoms with Crippen LogP contribution >= 0.6 is 23.2 Å². The number of carbonyl (C=O) groups excluding carboxylic acids is 2. The lowest BCUT2D eigenvalue weighted by Crippen LogP contribution is -2.30. The highest BCUT2D eigenvalue weighted by atomic mass is 35.5. The Balaban J connectivity index is 1.96. The number of amides is 1. The summed E-state index contributed by atoms with van der Waals surface area (Å²) >= 11 is 11.9. The molecule has 0 heterocycles. The predicted octanol–water partition coefficient (Wildman–Crippen LogP) is 5.20. The third kappa shape index (κ3) is 8.33. The molecule has 2 aromatic rings. The van der Waals surface area contributed by atoms with E-state index in [1.54, 1.807) is 50.2 Å². The molecule has 0 saturated carbocycles. The molecule has 0 atom stereocenters. The number of nitrogens with one attached hydrogen (secondary N) is 1. The van der Waals surface area contributed by atoms with Gasteiger partial charge in [0, 0.05) is 17.5 Å². The largest absolute Gasteiger partial charge is 0.493 e. The van der Waals surface area contributed by atoms with Crippen molar-refractivity contribution in [1.82, 2.24) is 5.32 Å². The molecule has 0 saturated heterocycles. The van der Waals surface area contributed by atoms with E-state index in [9.17, 15) is 14.9 Å². The Morgan fingerprint density at radius 2 is 1.85 bits per heavy atom. The summed E-state index contributed by atoms with van der Waals surface area (Å²) in [5.74, 6) is 0.0772. The molecule has 174 valence electrons. The predicted molar refractivity (Wildman–Crippen MR) is 127 cm³/mol. The first kappa shape index (κ1) is 26.0. The van der Waals surface area contributed by atoms with Gasteiger partial charge in [-0.25, -0.2) is 0 Å². The molecule has 0 bridgehead atoms. The monoisotopic (exact) mass is 490 g/mol. The van der Waals surface area contributed by atoms with E-state index < -0.39 is 11.9 Å². The molecule has 7 nitrogen and oxygen atoms in total. The molecule has 0 aliphatic heterocycles. The average molecular weight is 491 g/mol. The van der Waals surface area contributed by atoms with Crippen LogP contribution in [0, 0.1) is 11.3 Å². The number of nitriles is 1. The van der Waals surface area contributed by atoms with Gasteiger partial charge in [0.1, 0.15) is 17.4 Å². The summed E-state index contributed by atoms with van der Waals surface area (Å²) in [4.78, 5) is 24.3. The maximum atomic E-state index is 12.2. The minimum atomic E-state index is -0.468. The summed E-state index contributed by atoms with van der Waals surface area (Å²) in [6.07, 6.45) is 1.96. The van der Waals surface area contributed by atoms with E-state index >= 15 is 0 Å². The summed E-state index contributed by atoms with van der Waals surface area (Å²) in [6.45, 7) is 3.88. The van der Waals surface area contributed by atoms with Gasteiger partial charge >= 0.3 is 5.97 Å². The van der Waals surface area contributed by atoms with Crippen molar-refractivity contribution in [2.75, 3.05) is 13.7 Å². The van der Waals surface area contributed by atoms with Gasteiger partial charge in [-0.05, 0) is 62.2 Å². The van der Waals surface area contributed by atoms with Crippen LogP contribution in [0.4, 0.5) is 0 Å². The number of methoxy groups -OCH3 is 1. The van der Waals surface area contributed by atoms with E-state index in [0.717, 1.165) is 0 Å². The zero-order valence-electron chi connectivity index (χ0n) is 18.5. The second-order valence-corrected chi connectivity index (χ2v) is 8.05. The first-order chi connectivity index (χ1) is 15.7. The van der Waals surface area contributed by atoms with E-state index in [0.29, 0.717) is 33.5 Å². The molecular formula is C24H24Cl2N2O5. The highest BCUT2D eigenvalue weighted by molar-refractivity contribution is 6.35. The molecule has 0 aliphatic rings. The first-order valence-electron chi connectivity index (χ1n) is 10.1. The van der Waals surface area contributed by atoms with Gasteiger partial charge in [0.2, 0.25) is 0 Å². The van der Waals surface area contributed by atoms with Gasteiger partial charge in [-0.15, -0.1) is 0 Å². The topological polar surface area (TPSA) is 97.6 Å². The second-order valence-electron chi connectivity index (χ2n) is 7.21. The summed E-state index contributed by atoms with van der Waals surface area (Å²) in [7, 11) is 1.43. The zero-order chi connectivity index (χ0) is 24.4. The minimum absolute atomic E-state index is 0.0451. The lowest BCUT2D eigenvalue weighted by Gasteiger charge is -2.11. The number of hydrogen-bond donors (Lipinski definition) is 1. The number of ether oxygens (including phenoxy) is 3. The first-order valence-corrected chi connectivity index (χ1v) is 10.9. The van der Waals surface area contributed by atoms with Gasteiger partial charge in [0.15, 0.2) is 11.5 Å². The number of rotatable bonds is 10. The highest BCUT2D eigenvalue weighted by Gasteiger charge is 2.13. The van der Waals surface area contributed by atoms with E-state index in [4.69, 9.17) is 37.4 Å². The van der Waals surface area contributed by atoms with Crippen LogP contribution in [0.5, 0.6) is 17.2 Å². The lowest BCUT2D eigenvalue weighted by molar-refractivity contribution is -0.134.